The van der Waals surface area contributed by atoms with Gasteiger partial charge in [0.15, 0.2) is 0 Å². The zero-order chi connectivity index (χ0) is 9.26. The third-order valence-electron chi connectivity index (χ3n) is 3.12. The molecule has 0 N–H and O–H groups in total. The van der Waals surface area contributed by atoms with Crippen LogP contribution in [-0.4, -0.2) is 23.9 Å². The Morgan fingerprint density at radius 3 is 2.69 bits per heavy atom. The van der Waals surface area contributed by atoms with Gasteiger partial charge in [-0.05, 0) is 31.1 Å². The normalized spacial score (nSPS) is 42.5. The van der Waals surface area contributed by atoms with E-state index in [-0.39, 0.29) is 0 Å². The Hall–Kier alpha value is 0.640. The highest BCUT2D eigenvalue weighted by Gasteiger charge is 2.39. The van der Waals surface area contributed by atoms with Crippen molar-refractivity contribution in [2.45, 2.75) is 50.7 Å². The summed E-state index contributed by atoms with van der Waals surface area (Å²) in [5.74, 6) is 0. The fourth-order valence-corrected chi connectivity index (χ4v) is 4.04. The third-order valence-corrected chi connectivity index (χ3v) is 5.31. The highest BCUT2D eigenvalue weighted by molar-refractivity contribution is 7.78. The molecule has 4 heteroatoms. The predicted octanol–water partition coefficient (Wildman–Crippen LogP) is 3.51. The first-order valence-corrected chi connectivity index (χ1v) is 7.26. The molecule has 0 aromatic heterocycles. The number of fused-ring (bicyclic) bond motifs is 1. The van der Waals surface area contributed by atoms with E-state index in [1.54, 1.807) is 0 Å². The van der Waals surface area contributed by atoms with E-state index in [0.717, 1.165) is 0 Å². The van der Waals surface area contributed by atoms with Gasteiger partial charge < -0.3 is 4.52 Å². The zero-order valence-electron chi connectivity index (χ0n) is 8.08. The molecule has 1 aliphatic heterocycles. The number of hydrogen-bond donors (Lipinski definition) is 0. The quantitative estimate of drug-likeness (QED) is 0.581. The van der Waals surface area contributed by atoms with Crippen molar-refractivity contribution in [3.63, 3.8) is 0 Å². The largest absolute Gasteiger partial charge is 0.326 e. The van der Waals surface area contributed by atoms with Crippen molar-refractivity contribution in [3.05, 3.63) is 0 Å². The zero-order valence-corrected chi connectivity index (χ0v) is 9.73. The Balaban J connectivity index is 2.00. The van der Waals surface area contributed by atoms with Crippen LogP contribution in [0.15, 0.2) is 0 Å². The molecular formula is C9H17ClNOP. The van der Waals surface area contributed by atoms with Crippen LogP contribution in [0.3, 0.4) is 0 Å². The van der Waals surface area contributed by atoms with E-state index in [2.05, 4.69) is 11.7 Å². The lowest BCUT2D eigenvalue weighted by Crippen LogP contribution is -2.31. The highest BCUT2D eigenvalue weighted by Crippen LogP contribution is 2.56. The fourth-order valence-electron chi connectivity index (χ4n) is 2.28. The van der Waals surface area contributed by atoms with Gasteiger partial charge >= 0.3 is 0 Å². The van der Waals surface area contributed by atoms with Crippen LogP contribution in [0.1, 0.15) is 38.5 Å². The van der Waals surface area contributed by atoms with Gasteiger partial charge in [-0.1, -0.05) is 25.7 Å². The molecule has 13 heavy (non-hydrogen) atoms. The first-order chi connectivity index (χ1) is 6.29. The van der Waals surface area contributed by atoms with Crippen molar-refractivity contribution in [1.29, 1.82) is 0 Å². The van der Waals surface area contributed by atoms with Gasteiger partial charge in [-0.25, -0.2) is 4.67 Å². The van der Waals surface area contributed by atoms with Gasteiger partial charge in [0.05, 0.1) is 6.10 Å². The van der Waals surface area contributed by atoms with E-state index in [1.807, 2.05) is 0 Å². The maximum atomic E-state index is 6.11. The Morgan fingerprint density at radius 2 is 1.92 bits per heavy atom. The number of nitrogens with zero attached hydrogens (tertiary/aromatic N) is 1. The monoisotopic (exact) mass is 221 g/mol. The van der Waals surface area contributed by atoms with Crippen LogP contribution in [0.25, 0.3) is 0 Å². The van der Waals surface area contributed by atoms with Crippen molar-refractivity contribution in [3.8, 4) is 0 Å². The van der Waals surface area contributed by atoms with Gasteiger partial charge in [0.1, 0.15) is 0 Å². The predicted molar refractivity (Wildman–Crippen MR) is 56.9 cm³/mol. The lowest BCUT2D eigenvalue weighted by molar-refractivity contribution is 0.170. The Labute approximate surface area is 86.3 Å². The summed E-state index contributed by atoms with van der Waals surface area (Å²) in [5.41, 5.74) is 0. The summed E-state index contributed by atoms with van der Waals surface area (Å²) in [7, 11) is 1.31. The standard InChI is InChI=1S/C9H17ClNOP/c1-11-8-6-4-2-3-5-7-9(8)12-13(11)10/h8-9H,2-7H2,1H3/t8-,9-,13?/m1/s1. The van der Waals surface area contributed by atoms with Crippen molar-refractivity contribution in [2.24, 2.45) is 0 Å². The smallest absolute Gasteiger partial charge is 0.207 e. The van der Waals surface area contributed by atoms with Crippen LogP contribution < -0.4 is 0 Å². The molecule has 1 saturated heterocycles. The SMILES string of the molecule is CN1[C@@H]2CCCCCC[C@H]2OP1Cl. The van der Waals surface area contributed by atoms with Crippen LogP contribution in [0.5, 0.6) is 0 Å². The summed E-state index contributed by atoms with van der Waals surface area (Å²) in [6.45, 7) is 0. The van der Waals surface area contributed by atoms with Gasteiger partial charge in [-0.2, -0.15) is 0 Å². The maximum absolute atomic E-state index is 6.11. The summed E-state index contributed by atoms with van der Waals surface area (Å²) in [6.07, 6.45) is 8.32. The van der Waals surface area contributed by atoms with Gasteiger partial charge in [-0.3, -0.25) is 0 Å². The van der Waals surface area contributed by atoms with E-state index >= 15 is 0 Å². The van der Waals surface area contributed by atoms with Crippen LogP contribution in [0, 0.1) is 0 Å². The Kier molecular flexibility index (Phi) is 3.47. The summed E-state index contributed by atoms with van der Waals surface area (Å²) in [4.78, 5) is 0. The molecular weight excluding hydrogens is 205 g/mol. The van der Waals surface area contributed by atoms with Crippen molar-refractivity contribution >= 4 is 18.9 Å². The Morgan fingerprint density at radius 1 is 1.23 bits per heavy atom. The molecule has 1 aliphatic carbocycles. The maximum Gasteiger partial charge on any atom is 0.207 e. The average molecular weight is 222 g/mol. The summed E-state index contributed by atoms with van der Waals surface area (Å²) in [5, 5.41) is 0. The van der Waals surface area contributed by atoms with E-state index in [9.17, 15) is 0 Å². The minimum absolute atomic E-state index is 0.425. The van der Waals surface area contributed by atoms with Crippen molar-refractivity contribution < 1.29 is 4.52 Å². The summed E-state index contributed by atoms with van der Waals surface area (Å²) >= 11 is 6.11. The average Bonchev–Trinajstić information content (AvgIpc) is 2.31. The first kappa shape index (κ1) is 10.2. The van der Waals surface area contributed by atoms with Crippen molar-refractivity contribution in [2.75, 3.05) is 7.05 Å². The second-order valence-electron chi connectivity index (χ2n) is 4.00. The number of rotatable bonds is 0. The third kappa shape index (κ3) is 2.18. The molecule has 0 aromatic rings. The number of hydrogen-bond acceptors (Lipinski definition) is 2. The van der Waals surface area contributed by atoms with Gasteiger partial charge in [0, 0.05) is 6.04 Å². The molecule has 0 radical (unpaired) electrons. The second kappa shape index (κ2) is 4.44. The molecule has 3 atom stereocenters. The molecule has 0 aromatic carbocycles. The molecule has 2 nitrogen and oxygen atoms in total. The molecule has 1 saturated carbocycles. The molecule has 0 amide bonds. The Bertz CT molecular complexity index is 181. The highest BCUT2D eigenvalue weighted by atomic mass is 35.7. The van der Waals surface area contributed by atoms with E-state index < -0.39 is 7.65 Å². The molecule has 1 unspecified atom stereocenters. The molecule has 2 rings (SSSR count). The van der Waals surface area contributed by atoms with Crippen LogP contribution in [0.4, 0.5) is 0 Å². The molecule has 76 valence electrons. The molecule has 2 aliphatic rings. The fraction of sp³-hybridized carbons (Fsp3) is 1.00. The van der Waals surface area contributed by atoms with E-state index in [0.29, 0.717) is 12.1 Å². The molecule has 0 bridgehead atoms. The lowest BCUT2D eigenvalue weighted by atomic mass is 9.94. The molecule has 1 heterocycles. The second-order valence-corrected chi connectivity index (χ2v) is 6.16. The lowest BCUT2D eigenvalue weighted by Gasteiger charge is -2.24. The molecule has 0 spiro atoms. The van der Waals surface area contributed by atoms with Gasteiger partial charge in [0.2, 0.25) is 7.65 Å². The number of likely N-dealkylation sites (N-methyl/N-ethyl adjacent to an activating group) is 1. The van der Waals surface area contributed by atoms with Crippen LogP contribution >= 0.6 is 18.9 Å². The van der Waals surface area contributed by atoms with Gasteiger partial charge in [-0.15, -0.1) is 0 Å². The van der Waals surface area contributed by atoms with Crippen LogP contribution in [0.2, 0.25) is 0 Å². The summed E-state index contributed by atoms with van der Waals surface area (Å²) in [6, 6.07) is 0.601. The topological polar surface area (TPSA) is 12.5 Å². The van der Waals surface area contributed by atoms with Gasteiger partial charge in [0.25, 0.3) is 0 Å². The van der Waals surface area contributed by atoms with Crippen LogP contribution in [-0.2, 0) is 4.52 Å². The van der Waals surface area contributed by atoms with E-state index in [1.165, 1.54) is 38.5 Å². The minimum Gasteiger partial charge on any atom is -0.326 e. The molecule has 2 fully saturated rings. The first-order valence-electron chi connectivity index (χ1n) is 5.14. The van der Waals surface area contributed by atoms with E-state index in [4.69, 9.17) is 15.8 Å². The minimum atomic E-state index is -0.795. The van der Waals surface area contributed by atoms with Crippen molar-refractivity contribution in [1.82, 2.24) is 4.67 Å². The summed E-state index contributed by atoms with van der Waals surface area (Å²) < 4.78 is 8.01. The number of halogens is 1.